The fourth-order valence-corrected chi connectivity index (χ4v) is 3.59. The number of aldehydes is 1. The first-order chi connectivity index (χ1) is 8.21. The Labute approximate surface area is 113 Å². The van der Waals surface area contributed by atoms with E-state index >= 15 is 0 Å². The largest absolute Gasteiger partial charge is 0.414 e. The molecule has 3 heteroatoms. The van der Waals surface area contributed by atoms with Crippen molar-refractivity contribution in [3.8, 4) is 11.8 Å². The average Bonchev–Trinajstić information content (AvgIpc) is 2.58. The Morgan fingerprint density at radius 2 is 1.89 bits per heavy atom. The van der Waals surface area contributed by atoms with Crippen LogP contribution in [0.4, 0.5) is 0 Å². The normalized spacial score (nSPS) is 28.7. The molecule has 1 aliphatic rings. The lowest BCUT2D eigenvalue weighted by Gasteiger charge is -2.38. The number of carbonyl (C=O) groups is 1. The molecule has 0 N–H and O–H groups in total. The highest BCUT2D eigenvalue weighted by atomic mass is 28.4. The summed E-state index contributed by atoms with van der Waals surface area (Å²) in [6.45, 7) is 13.1. The van der Waals surface area contributed by atoms with E-state index in [2.05, 4.69) is 45.7 Å². The molecule has 0 aromatic carbocycles. The van der Waals surface area contributed by atoms with Gasteiger partial charge in [-0.1, -0.05) is 26.7 Å². The maximum absolute atomic E-state index is 11.1. The van der Waals surface area contributed by atoms with Crippen molar-refractivity contribution >= 4 is 14.6 Å². The van der Waals surface area contributed by atoms with Gasteiger partial charge < -0.3 is 9.22 Å². The zero-order valence-corrected chi connectivity index (χ0v) is 13.5. The van der Waals surface area contributed by atoms with Crippen molar-refractivity contribution < 1.29 is 9.22 Å². The molecule has 3 atom stereocenters. The molecular formula is C15H26O2Si. The van der Waals surface area contributed by atoms with Crippen LogP contribution in [0.15, 0.2) is 0 Å². The van der Waals surface area contributed by atoms with Gasteiger partial charge in [0.1, 0.15) is 6.29 Å². The Kier molecular flexibility index (Phi) is 4.80. The van der Waals surface area contributed by atoms with Gasteiger partial charge >= 0.3 is 0 Å². The van der Waals surface area contributed by atoms with Crippen LogP contribution in [0, 0.1) is 23.7 Å². The zero-order valence-electron chi connectivity index (χ0n) is 12.5. The van der Waals surface area contributed by atoms with Gasteiger partial charge in [0.15, 0.2) is 8.32 Å². The molecule has 0 aromatic rings. The topological polar surface area (TPSA) is 26.3 Å². The monoisotopic (exact) mass is 266 g/mol. The molecule has 18 heavy (non-hydrogen) atoms. The quantitative estimate of drug-likeness (QED) is 0.443. The van der Waals surface area contributed by atoms with E-state index in [4.69, 9.17) is 4.43 Å². The van der Waals surface area contributed by atoms with Gasteiger partial charge in [0.25, 0.3) is 0 Å². The van der Waals surface area contributed by atoms with Gasteiger partial charge in [0.05, 0.1) is 0 Å². The summed E-state index contributed by atoms with van der Waals surface area (Å²) in [7, 11) is -1.73. The zero-order chi connectivity index (χ0) is 14.0. The van der Waals surface area contributed by atoms with Crippen LogP contribution < -0.4 is 0 Å². The van der Waals surface area contributed by atoms with Crippen LogP contribution >= 0.6 is 0 Å². The lowest BCUT2D eigenvalue weighted by Crippen LogP contribution is -2.43. The van der Waals surface area contributed by atoms with Crippen LogP contribution in [0.2, 0.25) is 18.1 Å². The number of carbonyl (C=O) groups excluding carboxylic acids is 1. The smallest absolute Gasteiger partial charge is 0.192 e. The lowest BCUT2D eigenvalue weighted by atomic mass is 9.99. The van der Waals surface area contributed by atoms with Crippen molar-refractivity contribution in [3.63, 3.8) is 0 Å². The summed E-state index contributed by atoms with van der Waals surface area (Å²) in [5, 5.41) is 0.220. The van der Waals surface area contributed by atoms with E-state index in [9.17, 15) is 4.79 Å². The van der Waals surface area contributed by atoms with Crippen molar-refractivity contribution in [1.29, 1.82) is 0 Å². The highest BCUT2D eigenvalue weighted by Gasteiger charge is 2.42. The van der Waals surface area contributed by atoms with Crippen LogP contribution in [0.5, 0.6) is 0 Å². The van der Waals surface area contributed by atoms with E-state index in [1.54, 1.807) is 0 Å². The summed E-state index contributed by atoms with van der Waals surface area (Å²) in [6.07, 6.45) is 3.03. The first-order valence-electron chi connectivity index (χ1n) is 6.76. The van der Waals surface area contributed by atoms with Crippen LogP contribution in [-0.2, 0) is 9.22 Å². The molecule has 0 spiro atoms. The van der Waals surface area contributed by atoms with Gasteiger partial charge in [0, 0.05) is 17.9 Å². The molecule has 1 fully saturated rings. The van der Waals surface area contributed by atoms with Gasteiger partial charge in [-0.2, -0.15) is 0 Å². The molecule has 0 heterocycles. The highest BCUT2D eigenvalue weighted by Crippen LogP contribution is 2.41. The minimum absolute atomic E-state index is 0.0622. The van der Waals surface area contributed by atoms with Crippen molar-refractivity contribution in [1.82, 2.24) is 0 Å². The first kappa shape index (κ1) is 15.5. The van der Waals surface area contributed by atoms with E-state index in [0.717, 1.165) is 19.1 Å². The van der Waals surface area contributed by atoms with Gasteiger partial charge in [0.2, 0.25) is 0 Å². The van der Waals surface area contributed by atoms with Crippen molar-refractivity contribution in [2.45, 2.75) is 64.8 Å². The first-order valence-corrected chi connectivity index (χ1v) is 9.67. The van der Waals surface area contributed by atoms with Crippen LogP contribution in [0.3, 0.4) is 0 Å². The summed E-state index contributed by atoms with van der Waals surface area (Å²) in [5.41, 5.74) is 0. The second-order valence-corrected chi connectivity index (χ2v) is 11.5. The Morgan fingerprint density at radius 3 is 2.33 bits per heavy atom. The van der Waals surface area contributed by atoms with Gasteiger partial charge in [-0.25, -0.2) is 0 Å². The molecular weight excluding hydrogens is 240 g/mol. The molecule has 0 aliphatic heterocycles. The molecule has 0 saturated heterocycles. The third-order valence-electron chi connectivity index (χ3n) is 4.34. The highest BCUT2D eigenvalue weighted by molar-refractivity contribution is 6.74. The minimum atomic E-state index is -1.73. The minimum Gasteiger partial charge on any atom is -0.414 e. The summed E-state index contributed by atoms with van der Waals surface area (Å²) < 4.78 is 6.38. The Morgan fingerprint density at radius 1 is 1.28 bits per heavy atom. The van der Waals surface area contributed by atoms with E-state index in [0.29, 0.717) is 0 Å². The fraction of sp³-hybridized carbons (Fsp3) is 0.800. The predicted octanol–water partition coefficient (Wildman–Crippen LogP) is 3.63. The molecule has 1 aliphatic carbocycles. The molecule has 0 amide bonds. The van der Waals surface area contributed by atoms with Gasteiger partial charge in [-0.15, -0.1) is 5.92 Å². The lowest BCUT2D eigenvalue weighted by molar-refractivity contribution is -0.111. The van der Waals surface area contributed by atoms with Gasteiger partial charge in [-0.3, -0.25) is 0 Å². The number of hydrogen-bond donors (Lipinski definition) is 0. The maximum Gasteiger partial charge on any atom is 0.192 e. The number of hydrogen-bond acceptors (Lipinski definition) is 2. The van der Waals surface area contributed by atoms with E-state index in [-0.39, 0.29) is 23.0 Å². The Balaban J connectivity index is 2.71. The molecule has 0 aromatic heterocycles. The molecule has 0 radical (unpaired) electrons. The van der Waals surface area contributed by atoms with E-state index in [1.807, 2.05) is 6.92 Å². The summed E-state index contributed by atoms with van der Waals surface area (Å²) in [6, 6.07) is 0. The molecule has 102 valence electrons. The number of rotatable bonds is 3. The Hall–Kier alpha value is -0.593. The van der Waals surface area contributed by atoms with Crippen LogP contribution in [0.1, 0.15) is 40.5 Å². The second-order valence-electron chi connectivity index (χ2n) is 6.77. The van der Waals surface area contributed by atoms with Crippen molar-refractivity contribution in [2.24, 2.45) is 11.8 Å². The summed E-state index contributed by atoms with van der Waals surface area (Å²) in [5.74, 6) is 6.35. The van der Waals surface area contributed by atoms with Crippen LogP contribution in [-0.4, -0.2) is 20.7 Å². The van der Waals surface area contributed by atoms with Crippen molar-refractivity contribution in [2.75, 3.05) is 0 Å². The predicted molar refractivity (Wildman–Crippen MR) is 77.8 cm³/mol. The maximum atomic E-state index is 11.1. The third-order valence-corrected chi connectivity index (χ3v) is 8.88. The van der Waals surface area contributed by atoms with Crippen molar-refractivity contribution in [3.05, 3.63) is 0 Å². The molecule has 1 saturated carbocycles. The molecule has 1 rings (SSSR count). The Bertz CT molecular complexity index is 357. The molecule has 2 nitrogen and oxygen atoms in total. The van der Waals surface area contributed by atoms with Crippen LogP contribution in [0.25, 0.3) is 0 Å². The van der Waals surface area contributed by atoms with E-state index in [1.165, 1.54) is 0 Å². The second kappa shape index (κ2) is 5.58. The van der Waals surface area contributed by atoms with E-state index < -0.39 is 8.32 Å². The fourth-order valence-electron chi connectivity index (χ4n) is 2.21. The molecule has 0 unspecified atom stereocenters. The third kappa shape index (κ3) is 3.46. The average molecular weight is 266 g/mol. The molecule has 0 bridgehead atoms. The SMILES string of the molecule is CC#C[C@@H]1C[C@H](O[Si](C)(C)C(C)(C)C)C[C@H]1C=O. The standard InChI is InChI=1S/C15H26O2Si/c1-7-8-12-9-14(10-13(12)11-16)17-18(5,6)15(2,3)4/h11-14H,9-10H2,1-6H3/t12-,13+,14+/m1/s1. The summed E-state index contributed by atoms with van der Waals surface area (Å²) in [4.78, 5) is 11.1. The van der Waals surface area contributed by atoms with Gasteiger partial charge in [-0.05, 0) is 37.9 Å². The summed E-state index contributed by atoms with van der Waals surface area (Å²) >= 11 is 0.